The summed E-state index contributed by atoms with van der Waals surface area (Å²) in [5.74, 6) is -0.324. The summed E-state index contributed by atoms with van der Waals surface area (Å²) in [5, 5.41) is 0. The van der Waals surface area contributed by atoms with Crippen LogP contribution in [0.25, 0.3) is 0 Å². The predicted octanol–water partition coefficient (Wildman–Crippen LogP) is 1.75. The molecule has 5 heteroatoms. The number of carbonyl (C=O) groups excluding carboxylic acids is 1. The van der Waals surface area contributed by atoms with Crippen molar-refractivity contribution in [3.8, 4) is 0 Å². The first-order chi connectivity index (χ1) is 9.47. The number of rotatable bonds is 7. The van der Waals surface area contributed by atoms with E-state index in [0.29, 0.717) is 18.7 Å². The highest BCUT2D eigenvalue weighted by atomic mass is 19.1. The van der Waals surface area contributed by atoms with Crippen LogP contribution >= 0.6 is 0 Å². The smallest absolute Gasteiger partial charge is 0.240 e. The van der Waals surface area contributed by atoms with Crippen molar-refractivity contribution >= 4 is 5.91 Å². The molecule has 4 nitrogen and oxygen atoms in total. The number of nitrogens with zero attached hydrogens (tertiary/aromatic N) is 2. The summed E-state index contributed by atoms with van der Waals surface area (Å²) in [5.41, 5.74) is 0.517. The zero-order chi connectivity index (χ0) is 15.1. The minimum absolute atomic E-state index is 0.0321. The van der Waals surface area contributed by atoms with Gasteiger partial charge in [0.2, 0.25) is 5.91 Å². The van der Waals surface area contributed by atoms with Gasteiger partial charge in [0.15, 0.2) is 0 Å². The van der Waals surface area contributed by atoms with Gasteiger partial charge < -0.3 is 9.64 Å². The number of amides is 1. The molecule has 1 rings (SSSR count). The summed E-state index contributed by atoms with van der Waals surface area (Å²) in [4.78, 5) is 15.9. The number of benzene rings is 1. The number of likely N-dealkylation sites (N-methyl/N-ethyl adjacent to an activating group) is 1. The van der Waals surface area contributed by atoms with E-state index in [1.165, 1.54) is 6.07 Å². The Balaban J connectivity index is 2.84. The van der Waals surface area contributed by atoms with Crippen LogP contribution in [0.15, 0.2) is 24.3 Å². The average Bonchev–Trinajstić information content (AvgIpc) is 2.43. The molecule has 1 aromatic carbocycles. The van der Waals surface area contributed by atoms with E-state index in [-0.39, 0.29) is 24.3 Å². The third-order valence-electron chi connectivity index (χ3n) is 3.33. The molecule has 1 atom stereocenters. The second-order valence-electron chi connectivity index (χ2n) is 4.98. The largest absolute Gasteiger partial charge is 0.383 e. The minimum Gasteiger partial charge on any atom is -0.383 e. The van der Waals surface area contributed by atoms with Gasteiger partial charge in [0.25, 0.3) is 0 Å². The zero-order valence-corrected chi connectivity index (χ0v) is 12.6. The van der Waals surface area contributed by atoms with Gasteiger partial charge in [-0.1, -0.05) is 18.2 Å². The lowest BCUT2D eigenvalue weighted by molar-refractivity contribution is -0.136. The molecule has 1 aromatic rings. The van der Waals surface area contributed by atoms with Crippen LogP contribution < -0.4 is 0 Å². The van der Waals surface area contributed by atoms with Crippen molar-refractivity contribution in [2.24, 2.45) is 0 Å². The maximum absolute atomic E-state index is 13.7. The summed E-state index contributed by atoms with van der Waals surface area (Å²) in [7, 11) is 5.28. The molecule has 112 valence electrons. The number of halogens is 1. The first-order valence-corrected chi connectivity index (χ1v) is 6.65. The molecule has 0 saturated carbocycles. The fraction of sp³-hybridized carbons (Fsp3) is 0.533. The molecule has 0 radical (unpaired) electrons. The predicted molar refractivity (Wildman–Crippen MR) is 76.8 cm³/mol. The van der Waals surface area contributed by atoms with Crippen molar-refractivity contribution in [3.63, 3.8) is 0 Å². The molecule has 0 fully saturated rings. The summed E-state index contributed by atoms with van der Waals surface area (Å²) in [6.45, 7) is 2.97. The highest BCUT2D eigenvalue weighted by Gasteiger charge is 2.22. The Hall–Kier alpha value is -1.46. The highest BCUT2D eigenvalue weighted by Crippen LogP contribution is 2.11. The third-order valence-corrected chi connectivity index (χ3v) is 3.33. The summed E-state index contributed by atoms with van der Waals surface area (Å²) < 4.78 is 18.7. The van der Waals surface area contributed by atoms with Gasteiger partial charge in [-0.15, -0.1) is 0 Å². The van der Waals surface area contributed by atoms with Crippen LogP contribution in [0.4, 0.5) is 4.39 Å². The Labute approximate surface area is 120 Å². The van der Waals surface area contributed by atoms with Crippen LogP contribution in [0.3, 0.4) is 0 Å². The quantitative estimate of drug-likeness (QED) is 0.764. The number of ether oxygens (including phenoxy) is 1. The van der Waals surface area contributed by atoms with E-state index in [2.05, 4.69) is 0 Å². The van der Waals surface area contributed by atoms with E-state index in [9.17, 15) is 9.18 Å². The Morgan fingerprint density at radius 3 is 2.55 bits per heavy atom. The van der Waals surface area contributed by atoms with Gasteiger partial charge in [-0.25, -0.2) is 4.39 Å². The van der Waals surface area contributed by atoms with E-state index in [4.69, 9.17) is 4.74 Å². The fourth-order valence-corrected chi connectivity index (χ4v) is 1.79. The normalized spacial score (nSPS) is 12.5. The van der Waals surface area contributed by atoms with Crippen molar-refractivity contribution in [1.29, 1.82) is 0 Å². The molecule has 0 aliphatic carbocycles. The Kier molecular flexibility index (Phi) is 6.61. The van der Waals surface area contributed by atoms with Crippen LogP contribution in [0.2, 0.25) is 0 Å². The van der Waals surface area contributed by atoms with Gasteiger partial charge in [-0.2, -0.15) is 0 Å². The van der Waals surface area contributed by atoms with E-state index < -0.39 is 0 Å². The minimum atomic E-state index is -0.291. The molecule has 0 saturated heterocycles. The van der Waals surface area contributed by atoms with Crippen molar-refractivity contribution in [1.82, 2.24) is 9.80 Å². The van der Waals surface area contributed by atoms with Crippen molar-refractivity contribution < 1.29 is 13.9 Å². The van der Waals surface area contributed by atoms with Gasteiger partial charge in [-0.3, -0.25) is 9.69 Å². The lowest BCUT2D eigenvalue weighted by Crippen LogP contribution is -2.45. The van der Waals surface area contributed by atoms with Gasteiger partial charge in [0, 0.05) is 25.8 Å². The summed E-state index contributed by atoms with van der Waals surface area (Å²) in [6.07, 6.45) is 0. The van der Waals surface area contributed by atoms with Crippen molar-refractivity contribution in [2.45, 2.75) is 19.5 Å². The maximum Gasteiger partial charge on any atom is 0.240 e. The van der Waals surface area contributed by atoms with E-state index in [0.717, 1.165) is 0 Å². The lowest BCUT2D eigenvalue weighted by Gasteiger charge is -2.28. The summed E-state index contributed by atoms with van der Waals surface area (Å²) in [6, 6.07) is 6.26. The zero-order valence-electron chi connectivity index (χ0n) is 12.6. The monoisotopic (exact) mass is 282 g/mol. The molecular weight excluding hydrogens is 259 g/mol. The van der Waals surface area contributed by atoms with Gasteiger partial charge in [-0.05, 0) is 27.1 Å². The first kappa shape index (κ1) is 16.6. The standard InChI is InChI=1S/C15H23FN2O2/c1-12(17(2)3)15(19)18(9-10-20-4)11-13-7-5-6-8-14(13)16/h5-8,12H,9-11H2,1-4H3. The Morgan fingerprint density at radius 1 is 1.35 bits per heavy atom. The van der Waals surface area contributed by atoms with Gasteiger partial charge in [0.05, 0.1) is 12.6 Å². The maximum atomic E-state index is 13.7. The number of hydrogen-bond acceptors (Lipinski definition) is 3. The third kappa shape index (κ3) is 4.58. The van der Waals surface area contributed by atoms with Crippen LogP contribution in [0.1, 0.15) is 12.5 Å². The molecule has 0 bridgehead atoms. The molecule has 0 aliphatic heterocycles. The van der Waals surface area contributed by atoms with Crippen LogP contribution in [0, 0.1) is 5.82 Å². The van der Waals surface area contributed by atoms with Crippen LogP contribution in [-0.2, 0) is 16.1 Å². The van der Waals surface area contributed by atoms with Crippen molar-refractivity contribution in [2.75, 3.05) is 34.4 Å². The molecule has 1 unspecified atom stereocenters. The van der Waals surface area contributed by atoms with Gasteiger partial charge >= 0.3 is 0 Å². The van der Waals surface area contributed by atoms with Crippen LogP contribution in [0.5, 0.6) is 0 Å². The topological polar surface area (TPSA) is 32.8 Å². The first-order valence-electron chi connectivity index (χ1n) is 6.65. The Bertz CT molecular complexity index is 438. The molecule has 0 spiro atoms. The van der Waals surface area contributed by atoms with Gasteiger partial charge in [0.1, 0.15) is 5.82 Å². The van der Waals surface area contributed by atoms with E-state index in [1.807, 2.05) is 25.9 Å². The van der Waals surface area contributed by atoms with E-state index >= 15 is 0 Å². The number of hydrogen-bond donors (Lipinski definition) is 0. The second kappa shape index (κ2) is 7.97. The molecule has 0 heterocycles. The molecule has 0 aliphatic rings. The SMILES string of the molecule is COCCN(Cc1ccccc1F)C(=O)C(C)N(C)C. The molecule has 0 N–H and O–H groups in total. The second-order valence-corrected chi connectivity index (χ2v) is 4.98. The lowest BCUT2D eigenvalue weighted by atomic mass is 10.1. The summed E-state index contributed by atoms with van der Waals surface area (Å²) >= 11 is 0. The van der Waals surface area contributed by atoms with Crippen LogP contribution in [-0.4, -0.2) is 56.1 Å². The molecule has 20 heavy (non-hydrogen) atoms. The molecule has 0 aromatic heterocycles. The fourth-order valence-electron chi connectivity index (χ4n) is 1.79. The number of carbonyl (C=O) groups is 1. The van der Waals surface area contributed by atoms with Crippen molar-refractivity contribution in [3.05, 3.63) is 35.6 Å². The highest BCUT2D eigenvalue weighted by molar-refractivity contribution is 5.81. The van der Waals surface area contributed by atoms with E-state index in [1.54, 1.807) is 30.2 Å². The average molecular weight is 282 g/mol. The number of methoxy groups -OCH3 is 1. The Morgan fingerprint density at radius 2 is 2.00 bits per heavy atom. The molecule has 1 amide bonds. The molecular formula is C15H23FN2O2.